The Hall–Kier alpha value is -6.64. The molecule has 0 aliphatic carbocycles. The van der Waals surface area contributed by atoms with E-state index in [2.05, 4.69) is 203 Å². The molecule has 0 saturated carbocycles. The zero-order valence-electron chi connectivity index (χ0n) is 27.4. The molecule has 8 aromatic carbocycles. The van der Waals surface area contributed by atoms with E-state index in [9.17, 15) is 0 Å². The molecule has 0 radical (unpaired) electrons. The van der Waals surface area contributed by atoms with Crippen molar-refractivity contribution >= 4 is 43.6 Å². The first kappa shape index (κ1) is 28.4. The number of aromatic nitrogens is 2. The third kappa shape index (κ3) is 4.36. The minimum atomic E-state index is 1.16. The van der Waals surface area contributed by atoms with Crippen molar-refractivity contribution in [2.75, 3.05) is 0 Å². The normalized spacial score (nSPS) is 11.6. The first-order chi connectivity index (χ1) is 24.8. The van der Waals surface area contributed by atoms with Crippen LogP contribution in [-0.4, -0.2) is 9.13 Å². The zero-order chi connectivity index (χ0) is 33.0. The molecule has 0 amide bonds. The van der Waals surface area contributed by atoms with Crippen molar-refractivity contribution in [2.45, 2.75) is 0 Å². The Morgan fingerprint density at radius 1 is 0.260 bits per heavy atom. The SMILES string of the molecule is c1ccc(-c2cccc(-n3c4ccccc4c4ccc(-c5ccccc5-n5c6ccccc6c6ccccc65)cc43)c2-c2ccccc2)cc1. The molecule has 2 heterocycles. The second kappa shape index (κ2) is 11.5. The fourth-order valence-electron chi connectivity index (χ4n) is 7.99. The number of rotatable bonds is 5. The van der Waals surface area contributed by atoms with Crippen molar-refractivity contribution in [3.63, 3.8) is 0 Å². The van der Waals surface area contributed by atoms with Crippen LogP contribution in [0.3, 0.4) is 0 Å². The Morgan fingerprint density at radius 2 is 0.720 bits per heavy atom. The largest absolute Gasteiger partial charge is 0.309 e. The summed E-state index contributed by atoms with van der Waals surface area (Å²) >= 11 is 0. The summed E-state index contributed by atoms with van der Waals surface area (Å²) in [5.74, 6) is 0. The average Bonchev–Trinajstić information content (AvgIpc) is 3.71. The molecule has 50 heavy (non-hydrogen) atoms. The standard InChI is InChI=1S/C48H32N2/c1-3-16-33(17-4-1)37-24-15-29-46(48(37)34-18-5-2-6-19-34)50-45-28-14-10-23-40(45)41-31-30-35(32-47(41)50)36-20-7-11-25-42(36)49-43-26-12-8-21-38(43)39-22-9-13-27-44(39)49/h1-32H. The molecule has 10 rings (SSSR count). The van der Waals surface area contributed by atoms with E-state index < -0.39 is 0 Å². The minimum Gasteiger partial charge on any atom is -0.309 e. The van der Waals surface area contributed by atoms with E-state index >= 15 is 0 Å². The van der Waals surface area contributed by atoms with Gasteiger partial charge in [-0.05, 0) is 58.7 Å². The van der Waals surface area contributed by atoms with Crippen molar-refractivity contribution in [2.24, 2.45) is 0 Å². The molecule has 10 aromatic rings. The monoisotopic (exact) mass is 636 g/mol. The summed E-state index contributed by atoms with van der Waals surface area (Å²) in [5, 5.41) is 5.01. The molecule has 0 saturated heterocycles. The van der Waals surface area contributed by atoms with Crippen LogP contribution in [-0.2, 0) is 0 Å². The topological polar surface area (TPSA) is 9.86 Å². The number of hydrogen-bond acceptors (Lipinski definition) is 0. The third-order valence-corrected chi connectivity index (χ3v) is 10.1. The molecule has 0 aliphatic rings. The van der Waals surface area contributed by atoms with Gasteiger partial charge in [0.25, 0.3) is 0 Å². The highest BCUT2D eigenvalue weighted by Crippen LogP contribution is 2.43. The van der Waals surface area contributed by atoms with Crippen LogP contribution in [0.4, 0.5) is 0 Å². The van der Waals surface area contributed by atoms with E-state index in [0.29, 0.717) is 0 Å². The van der Waals surface area contributed by atoms with E-state index in [4.69, 9.17) is 0 Å². The Morgan fingerprint density at radius 3 is 1.36 bits per heavy atom. The predicted octanol–water partition coefficient (Wildman–Crippen LogP) is 12.9. The highest BCUT2D eigenvalue weighted by Gasteiger charge is 2.20. The van der Waals surface area contributed by atoms with Gasteiger partial charge in [-0.25, -0.2) is 0 Å². The minimum absolute atomic E-state index is 1.16. The molecule has 0 fully saturated rings. The van der Waals surface area contributed by atoms with Gasteiger partial charge in [0.15, 0.2) is 0 Å². The van der Waals surface area contributed by atoms with Crippen LogP contribution >= 0.6 is 0 Å². The lowest BCUT2D eigenvalue weighted by molar-refractivity contribution is 1.18. The maximum Gasteiger partial charge on any atom is 0.0547 e. The fraction of sp³-hybridized carbons (Fsp3) is 0. The van der Waals surface area contributed by atoms with Gasteiger partial charge in [0.05, 0.1) is 33.4 Å². The molecule has 0 N–H and O–H groups in total. The molecule has 2 heteroatoms. The second-order valence-corrected chi connectivity index (χ2v) is 12.9. The summed E-state index contributed by atoms with van der Waals surface area (Å²) in [6, 6.07) is 70.4. The summed E-state index contributed by atoms with van der Waals surface area (Å²) in [5.41, 5.74) is 14.3. The number of para-hydroxylation sites is 4. The lowest BCUT2D eigenvalue weighted by Crippen LogP contribution is -2.00. The van der Waals surface area contributed by atoms with Crippen molar-refractivity contribution < 1.29 is 0 Å². The first-order valence-electron chi connectivity index (χ1n) is 17.2. The first-order valence-corrected chi connectivity index (χ1v) is 17.2. The quantitative estimate of drug-likeness (QED) is 0.178. The molecule has 0 bridgehead atoms. The van der Waals surface area contributed by atoms with Crippen molar-refractivity contribution in [1.82, 2.24) is 9.13 Å². The van der Waals surface area contributed by atoms with Gasteiger partial charge < -0.3 is 9.13 Å². The Labute approximate surface area is 290 Å². The Kier molecular flexibility index (Phi) is 6.53. The van der Waals surface area contributed by atoms with Gasteiger partial charge in [-0.3, -0.25) is 0 Å². The van der Waals surface area contributed by atoms with Gasteiger partial charge in [-0.1, -0.05) is 158 Å². The average molecular weight is 637 g/mol. The summed E-state index contributed by atoms with van der Waals surface area (Å²) < 4.78 is 4.91. The lowest BCUT2D eigenvalue weighted by atomic mass is 9.92. The molecule has 2 aromatic heterocycles. The predicted molar refractivity (Wildman–Crippen MR) is 211 cm³/mol. The molecule has 2 nitrogen and oxygen atoms in total. The summed E-state index contributed by atoms with van der Waals surface area (Å²) in [6.07, 6.45) is 0. The number of benzene rings is 8. The van der Waals surface area contributed by atoms with Crippen LogP contribution < -0.4 is 0 Å². The molecular formula is C48H32N2. The summed E-state index contributed by atoms with van der Waals surface area (Å²) in [4.78, 5) is 0. The molecule has 0 aliphatic heterocycles. The molecule has 0 unspecified atom stereocenters. The van der Waals surface area contributed by atoms with Gasteiger partial charge in [0.1, 0.15) is 0 Å². The van der Waals surface area contributed by atoms with E-state index in [1.54, 1.807) is 0 Å². The molecule has 234 valence electrons. The van der Waals surface area contributed by atoms with Gasteiger partial charge in [0, 0.05) is 32.7 Å². The van der Waals surface area contributed by atoms with Gasteiger partial charge >= 0.3 is 0 Å². The number of hydrogen-bond donors (Lipinski definition) is 0. The number of nitrogens with zero attached hydrogens (tertiary/aromatic N) is 2. The van der Waals surface area contributed by atoms with Crippen LogP contribution in [0.1, 0.15) is 0 Å². The van der Waals surface area contributed by atoms with E-state index in [1.807, 2.05) is 0 Å². The van der Waals surface area contributed by atoms with Gasteiger partial charge in [0.2, 0.25) is 0 Å². The van der Waals surface area contributed by atoms with E-state index in [0.717, 1.165) is 5.69 Å². The van der Waals surface area contributed by atoms with E-state index in [1.165, 1.54) is 82.7 Å². The Bertz CT molecular complexity index is 2800. The maximum atomic E-state index is 2.48. The van der Waals surface area contributed by atoms with Gasteiger partial charge in [-0.2, -0.15) is 0 Å². The fourth-order valence-corrected chi connectivity index (χ4v) is 7.99. The van der Waals surface area contributed by atoms with Crippen molar-refractivity contribution in [1.29, 1.82) is 0 Å². The van der Waals surface area contributed by atoms with Crippen LogP contribution in [0.25, 0.3) is 88.4 Å². The highest BCUT2D eigenvalue weighted by atomic mass is 15.0. The molecule has 0 atom stereocenters. The zero-order valence-corrected chi connectivity index (χ0v) is 27.4. The lowest BCUT2D eigenvalue weighted by Gasteiger charge is -2.19. The third-order valence-electron chi connectivity index (χ3n) is 10.1. The molecular weight excluding hydrogens is 605 g/mol. The van der Waals surface area contributed by atoms with E-state index in [-0.39, 0.29) is 0 Å². The highest BCUT2D eigenvalue weighted by molar-refractivity contribution is 6.12. The molecule has 0 spiro atoms. The van der Waals surface area contributed by atoms with Crippen LogP contribution in [0, 0.1) is 0 Å². The second-order valence-electron chi connectivity index (χ2n) is 12.9. The maximum absolute atomic E-state index is 2.48. The van der Waals surface area contributed by atoms with Gasteiger partial charge in [-0.15, -0.1) is 0 Å². The summed E-state index contributed by atoms with van der Waals surface area (Å²) in [7, 11) is 0. The van der Waals surface area contributed by atoms with Crippen LogP contribution in [0.5, 0.6) is 0 Å². The van der Waals surface area contributed by atoms with Crippen LogP contribution in [0.2, 0.25) is 0 Å². The smallest absolute Gasteiger partial charge is 0.0547 e. The van der Waals surface area contributed by atoms with Crippen molar-refractivity contribution in [3.05, 3.63) is 194 Å². The van der Waals surface area contributed by atoms with Crippen LogP contribution in [0.15, 0.2) is 194 Å². The number of fused-ring (bicyclic) bond motifs is 6. The van der Waals surface area contributed by atoms with Crippen molar-refractivity contribution in [3.8, 4) is 44.8 Å². The summed E-state index contributed by atoms with van der Waals surface area (Å²) in [6.45, 7) is 0. The Balaban J connectivity index is 1.27.